The van der Waals surface area contributed by atoms with E-state index < -0.39 is 5.82 Å². The van der Waals surface area contributed by atoms with E-state index in [1.807, 2.05) is 12.1 Å². The molecule has 1 fully saturated rings. The van der Waals surface area contributed by atoms with Crippen LogP contribution in [0.25, 0.3) is 10.9 Å². The highest BCUT2D eigenvalue weighted by molar-refractivity contribution is 7.80. The average molecular weight is 639 g/mol. The number of nitrogens with one attached hydrogen (secondary N) is 3. The molecule has 0 aliphatic carbocycles. The zero-order valence-electron chi connectivity index (χ0n) is 24.0. The number of morpholine rings is 1. The zero-order valence-corrected chi connectivity index (χ0v) is 25.6. The minimum Gasteiger partial charge on any atom is -0.493 e. The molecule has 1 aliphatic heterocycles. The van der Waals surface area contributed by atoms with Crippen molar-refractivity contribution >= 4 is 51.4 Å². The number of rotatable bonds is 11. The summed E-state index contributed by atoms with van der Waals surface area (Å²) in [5.74, 6) is 1.32. The van der Waals surface area contributed by atoms with Crippen molar-refractivity contribution in [2.45, 2.75) is 25.3 Å². The van der Waals surface area contributed by atoms with Gasteiger partial charge in [0.1, 0.15) is 17.3 Å². The smallest absolute Gasteiger partial charge is 0.230 e. The summed E-state index contributed by atoms with van der Waals surface area (Å²) in [5.41, 5.74) is 1.76. The Balaban J connectivity index is 1.20. The highest BCUT2D eigenvalue weighted by Gasteiger charge is 2.16. The van der Waals surface area contributed by atoms with Crippen LogP contribution in [0.3, 0.4) is 0 Å². The van der Waals surface area contributed by atoms with Gasteiger partial charge in [0.2, 0.25) is 5.91 Å². The molecule has 1 unspecified atom stereocenters. The Labute approximate surface area is 265 Å². The largest absolute Gasteiger partial charge is 0.493 e. The number of hydrogen-bond donors (Lipinski definition) is 3. The van der Waals surface area contributed by atoms with Gasteiger partial charge in [0.05, 0.1) is 43.9 Å². The first kappa shape index (κ1) is 31.4. The molecule has 1 amide bonds. The number of carbonyl (C=O) groups is 1. The van der Waals surface area contributed by atoms with Crippen LogP contribution < -0.4 is 30.2 Å². The second kappa shape index (κ2) is 15.1. The number of benzene rings is 3. The molecule has 4 aromatic rings. The lowest BCUT2D eigenvalue weighted by atomic mass is 10.1. The maximum Gasteiger partial charge on any atom is 0.230 e. The van der Waals surface area contributed by atoms with Crippen LogP contribution in [-0.2, 0) is 16.0 Å². The molecular formula is C32H32ClFN4O5S. The summed E-state index contributed by atoms with van der Waals surface area (Å²) in [5, 5.41) is 10.1. The molecule has 3 aromatic carbocycles. The number of thiocarbonyl (C=S) groups is 1. The predicted octanol–water partition coefficient (Wildman–Crippen LogP) is 6.03. The van der Waals surface area contributed by atoms with E-state index in [0.29, 0.717) is 57.4 Å². The van der Waals surface area contributed by atoms with E-state index in [9.17, 15) is 9.18 Å². The summed E-state index contributed by atoms with van der Waals surface area (Å²) in [6.07, 6.45) is 3.46. The number of ether oxygens (including phenoxy) is 4. The quantitative estimate of drug-likeness (QED) is 0.134. The third-order valence-electron chi connectivity index (χ3n) is 6.86. The van der Waals surface area contributed by atoms with E-state index in [2.05, 4.69) is 20.9 Å². The number of hydrogen-bond acceptors (Lipinski definition) is 8. The topological polar surface area (TPSA) is 103 Å². The third kappa shape index (κ3) is 8.54. The molecule has 1 saturated heterocycles. The molecule has 3 N–H and O–H groups in total. The lowest BCUT2D eigenvalue weighted by Crippen LogP contribution is -2.41. The number of carbonyl (C=O) groups excluding carboxylic acids is 1. The second-order valence-electron chi connectivity index (χ2n) is 10.1. The first-order valence-corrected chi connectivity index (χ1v) is 14.9. The van der Waals surface area contributed by atoms with E-state index in [4.69, 9.17) is 42.8 Å². The summed E-state index contributed by atoms with van der Waals surface area (Å²) in [6, 6.07) is 16.6. The number of methoxy groups -OCH3 is 1. The number of anilines is 1. The van der Waals surface area contributed by atoms with Crippen LogP contribution in [0.15, 0.2) is 66.9 Å². The van der Waals surface area contributed by atoms with Crippen molar-refractivity contribution in [3.05, 3.63) is 83.3 Å². The number of fused-ring (bicyclic) bond motifs is 1. The van der Waals surface area contributed by atoms with Gasteiger partial charge in [-0.25, -0.2) is 4.39 Å². The van der Waals surface area contributed by atoms with Gasteiger partial charge in [0.25, 0.3) is 0 Å². The van der Waals surface area contributed by atoms with Crippen LogP contribution in [0.1, 0.15) is 18.4 Å². The van der Waals surface area contributed by atoms with Crippen molar-refractivity contribution in [1.29, 1.82) is 0 Å². The van der Waals surface area contributed by atoms with Crippen LogP contribution in [-0.4, -0.2) is 55.5 Å². The van der Waals surface area contributed by atoms with Crippen molar-refractivity contribution in [3.63, 3.8) is 0 Å². The molecule has 2 heterocycles. The normalized spacial score (nSPS) is 14.6. The molecule has 12 heteroatoms. The van der Waals surface area contributed by atoms with Crippen molar-refractivity contribution in [2.75, 3.05) is 38.8 Å². The summed E-state index contributed by atoms with van der Waals surface area (Å²) in [4.78, 5) is 16.8. The molecule has 1 aliphatic rings. The Morgan fingerprint density at radius 2 is 2.02 bits per heavy atom. The first-order valence-electron chi connectivity index (χ1n) is 14.1. The lowest BCUT2D eigenvalue weighted by Gasteiger charge is -2.23. The SMILES string of the molecule is COc1cc2c(Oc3ccc(NC(=S)NC(=O)Cc4cccc(F)c4)cc3Cl)ccnc2cc1OCCCC1COCCN1. The molecule has 9 nitrogen and oxygen atoms in total. The van der Waals surface area contributed by atoms with E-state index >= 15 is 0 Å². The molecule has 0 spiro atoms. The number of amides is 1. The van der Waals surface area contributed by atoms with Crippen molar-refractivity contribution in [1.82, 2.24) is 15.6 Å². The molecule has 230 valence electrons. The number of nitrogens with zero attached hydrogens (tertiary/aromatic N) is 1. The van der Waals surface area contributed by atoms with Crippen LogP contribution in [0.5, 0.6) is 23.0 Å². The molecule has 1 aromatic heterocycles. The summed E-state index contributed by atoms with van der Waals surface area (Å²) in [6.45, 7) is 2.89. The molecule has 0 radical (unpaired) electrons. The summed E-state index contributed by atoms with van der Waals surface area (Å²) >= 11 is 11.8. The molecule has 0 saturated carbocycles. The van der Waals surface area contributed by atoms with Gasteiger partial charge in [-0.2, -0.15) is 0 Å². The Morgan fingerprint density at radius 1 is 1.14 bits per heavy atom. The van der Waals surface area contributed by atoms with Crippen molar-refractivity contribution in [2.24, 2.45) is 0 Å². The van der Waals surface area contributed by atoms with Crippen LogP contribution in [0, 0.1) is 5.82 Å². The number of halogens is 2. The Bertz CT molecular complexity index is 1640. The van der Waals surface area contributed by atoms with Gasteiger partial charge in [-0.15, -0.1) is 0 Å². The van der Waals surface area contributed by atoms with Crippen molar-refractivity contribution < 1.29 is 28.1 Å². The summed E-state index contributed by atoms with van der Waals surface area (Å²) in [7, 11) is 1.59. The fourth-order valence-electron chi connectivity index (χ4n) is 4.75. The Morgan fingerprint density at radius 3 is 2.80 bits per heavy atom. The average Bonchev–Trinajstić information content (AvgIpc) is 3.00. The monoisotopic (exact) mass is 638 g/mol. The minimum absolute atomic E-state index is 0.0145. The van der Waals surface area contributed by atoms with Gasteiger partial charge >= 0.3 is 0 Å². The van der Waals surface area contributed by atoms with Gasteiger partial charge in [0.15, 0.2) is 16.6 Å². The highest BCUT2D eigenvalue weighted by atomic mass is 35.5. The Hall–Kier alpha value is -4.03. The highest BCUT2D eigenvalue weighted by Crippen LogP contribution is 2.39. The minimum atomic E-state index is -0.407. The van der Waals surface area contributed by atoms with Gasteiger partial charge in [-0.3, -0.25) is 9.78 Å². The van der Waals surface area contributed by atoms with Crippen LogP contribution >= 0.6 is 23.8 Å². The molecule has 0 bridgehead atoms. The standard InChI is InChI=1S/C32H32ClFN4O5S/c1-40-29-17-24-26(18-30(29)42-12-3-6-23-19-41-13-11-35-23)36-10-9-27(24)43-28-8-7-22(16-25(28)33)37-32(44)38-31(39)15-20-4-2-5-21(34)14-20/h2,4-5,7-10,14,16-18,23,35H,3,6,11-13,15,19H2,1H3,(H2,37,38,39,44). The third-order valence-corrected chi connectivity index (χ3v) is 7.36. The second-order valence-corrected chi connectivity index (χ2v) is 10.9. The summed E-state index contributed by atoms with van der Waals surface area (Å²) < 4.78 is 36.8. The van der Waals surface area contributed by atoms with E-state index in [1.54, 1.807) is 49.7 Å². The van der Waals surface area contributed by atoms with Gasteiger partial charge in [-0.05, 0) is 73.1 Å². The lowest BCUT2D eigenvalue weighted by molar-refractivity contribution is -0.119. The van der Waals surface area contributed by atoms with Gasteiger partial charge < -0.3 is 34.9 Å². The van der Waals surface area contributed by atoms with Crippen molar-refractivity contribution in [3.8, 4) is 23.0 Å². The molecule has 1 atom stereocenters. The first-order chi connectivity index (χ1) is 21.4. The van der Waals surface area contributed by atoms with Gasteiger partial charge in [-0.1, -0.05) is 23.7 Å². The molecule has 5 rings (SSSR count). The van der Waals surface area contributed by atoms with E-state index in [-0.39, 0.29) is 17.4 Å². The van der Waals surface area contributed by atoms with Crippen LogP contribution in [0.2, 0.25) is 5.02 Å². The van der Waals surface area contributed by atoms with E-state index in [1.165, 1.54) is 12.1 Å². The fraction of sp³-hybridized carbons (Fsp3) is 0.281. The number of aromatic nitrogens is 1. The van der Waals surface area contributed by atoms with E-state index in [0.717, 1.165) is 38.0 Å². The van der Waals surface area contributed by atoms with Crippen LogP contribution in [0.4, 0.5) is 10.1 Å². The number of pyridine rings is 1. The Kier molecular flexibility index (Phi) is 10.8. The maximum atomic E-state index is 13.4. The maximum absolute atomic E-state index is 13.4. The predicted molar refractivity (Wildman–Crippen MR) is 172 cm³/mol. The fourth-order valence-corrected chi connectivity index (χ4v) is 5.20. The molecular weight excluding hydrogens is 607 g/mol. The van der Waals surface area contributed by atoms with Gasteiger partial charge in [0, 0.05) is 35.9 Å². The molecule has 44 heavy (non-hydrogen) atoms. The zero-order chi connectivity index (χ0) is 30.9.